The predicted octanol–water partition coefficient (Wildman–Crippen LogP) is 12.1. The molecular weight excluding hydrogens is 822 g/mol. The first-order valence-electron chi connectivity index (χ1n) is 20.4. The lowest BCUT2D eigenvalue weighted by molar-refractivity contribution is -0.457. The minimum absolute atomic E-state index is 0.00106. The molecule has 0 aromatic heterocycles. The minimum atomic E-state index is -6.76. The van der Waals surface area contributed by atoms with E-state index in [0.717, 1.165) is 55.6 Å². The van der Waals surface area contributed by atoms with Crippen LogP contribution in [0.3, 0.4) is 0 Å². The Hall–Kier alpha value is -2.50. The molecule has 0 N–H and O–H groups in total. The summed E-state index contributed by atoms with van der Waals surface area (Å²) in [6, 6.07) is 13.1. The van der Waals surface area contributed by atoms with Crippen molar-refractivity contribution in [2.75, 3.05) is 37.9 Å². The summed E-state index contributed by atoms with van der Waals surface area (Å²) in [5.41, 5.74) is -3.38. The summed E-state index contributed by atoms with van der Waals surface area (Å²) in [4.78, 5) is 15.1. The molecule has 0 radical (unpaired) electrons. The molecule has 6 nitrogen and oxygen atoms in total. The Bertz CT molecular complexity index is 1660. The smallest absolute Gasteiger partial charge is 0.435 e. The van der Waals surface area contributed by atoms with Crippen molar-refractivity contribution >= 4 is 27.7 Å². The van der Waals surface area contributed by atoms with E-state index in [1.807, 2.05) is 19.9 Å². The molecule has 1 amide bonds. The van der Waals surface area contributed by atoms with Gasteiger partial charge in [-0.3, -0.25) is 0 Å². The summed E-state index contributed by atoms with van der Waals surface area (Å²) in [7, 11) is 3.50. The standard InChI is InChI=1S/C39H46F9NO5S2.C2H6/c1-24-5-3-6-28(21-24)54-34(50)49(26-14-20-55-56-23-26)16-19-51-27-8-10-29-25(22-27)7-9-31-30(29)13-15-35(2)32(31)11-12-33(35)52-17-4-18-53-36(37(40,41)42,38(43,44)45)39(46,47)48;1-2/h3,5-6,8,10,21-22,26,30-33H,4,7,9,11-20,23H2,1-2H3;1-2H3/t26-,30+,31+,32-,33-,35-;/m0./s1/i1D;. The van der Waals surface area contributed by atoms with E-state index in [4.69, 9.17) is 15.6 Å². The Morgan fingerprint density at radius 1 is 0.879 bits per heavy atom. The fraction of sp³-hybridized carbons (Fsp3) is 0.683. The Morgan fingerprint density at radius 2 is 1.62 bits per heavy atom. The normalized spacial score (nSPS) is 26.3. The van der Waals surface area contributed by atoms with Gasteiger partial charge in [0.1, 0.15) is 18.1 Å². The molecule has 3 fully saturated rings. The van der Waals surface area contributed by atoms with Crippen molar-refractivity contribution < 1.29 is 64.6 Å². The van der Waals surface area contributed by atoms with Gasteiger partial charge in [0.2, 0.25) is 0 Å². The lowest BCUT2D eigenvalue weighted by Crippen LogP contribution is -2.67. The Kier molecular flexibility index (Phi) is 14.8. The van der Waals surface area contributed by atoms with Crippen molar-refractivity contribution in [1.82, 2.24) is 4.90 Å². The monoisotopic (exact) mass is 874 g/mol. The van der Waals surface area contributed by atoms with Crippen LogP contribution in [0.1, 0.15) is 89.7 Å². The van der Waals surface area contributed by atoms with Crippen LogP contribution in [0.15, 0.2) is 42.5 Å². The first-order chi connectivity index (χ1) is 27.9. The fourth-order valence-electron chi connectivity index (χ4n) is 9.26. The number of rotatable bonds is 12. The highest BCUT2D eigenvalue weighted by molar-refractivity contribution is 8.76. The number of hydrogen-bond donors (Lipinski definition) is 0. The zero-order valence-electron chi connectivity index (χ0n) is 33.7. The lowest BCUT2D eigenvalue weighted by Gasteiger charge is -2.50. The first-order valence-corrected chi connectivity index (χ1v) is 22.2. The van der Waals surface area contributed by atoms with Crippen molar-refractivity contribution in [2.24, 2.45) is 17.3 Å². The first kappa shape index (κ1) is 45.0. The number of fused-ring (bicyclic) bond motifs is 5. The second-order valence-corrected chi connectivity index (χ2v) is 17.9. The number of alkyl halides is 9. The number of carbonyl (C=O) groups excluding carboxylic acids is 1. The largest absolute Gasteiger partial charge is 0.492 e. The van der Waals surface area contributed by atoms with Crippen LogP contribution < -0.4 is 9.47 Å². The molecule has 0 bridgehead atoms. The molecule has 6 atom stereocenters. The highest BCUT2D eigenvalue weighted by Crippen LogP contribution is 2.62. The van der Waals surface area contributed by atoms with E-state index in [1.165, 1.54) is 11.1 Å². The fourth-order valence-corrected chi connectivity index (χ4v) is 11.8. The summed E-state index contributed by atoms with van der Waals surface area (Å²) in [5.74, 6) is 3.67. The van der Waals surface area contributed by atoms with Gasteiger partial charge in [-0.15, -0.1) is 0 Å². The number of amides is 1. The molecule has 0 spiro atoms. The number of nitrogens with zero attached hydrogens (tertiary/aromatic N) is 1. The SMILES string of the molecule is CC.[2H]Cc1cccc(OC(=O)N(CCOc2ccc3c(c2)CC[C@@H]2[C@@H]3CC[C@]3(C)[C@@H](OCCCOC(C(F)(F)F)(C(F)(F)F)C(F)(F)F)CC[C@@H]23)[C@H]2CCSSC2)c1. The van der Waals surface area contributed by atoms with Gasteiger partial charge in [-0.05, 0) is 122 Å². The van der Waals surface area contributed by atoms with E-state index >= 15 is 0 Å². The topological polar surface area (TPSA) is 57.2 Å². The highest BCUT2D eigenvalue weighted by atomic mass is 33.1. The van der Waals surface area contributed by atoms with Gasteiger partial charge < -0.3 is 23.8 Å². The van der Waals surface area contributed by atoms with E-state index < -0.39 is 43.3 Å². The van der Waals surface area contributed by atoms with Crippen LogP contribution in [-0.4, -0.2) is 85.1 Å². The van der Waals surface area contributed by atoms with Crippen molar-refractivity contribution in [3.8, 4) is 11.5 Å². The molecule has 1 saturated heterocycles. The van der Waals surface area contributed by atoms with Crippen LogP contribution in [0, 0.1) is 24.2 Å². The molecule has 2 saturated carbocycles. The Balaban J connectivity index is 0.00000326. The second kappa shape index (κ2) is 19.0. The molecule has 0 unspecified atom stereocenters. The van der Waals surface area contributed by atoms with Gasteiger partial charge in [0.25, 0.3) is 0 Å². The number of hydrogen-bond acceptors (Lipinski definition) is 7. The molecule has 2 aromatic rings. The van der Waals surface area contributed by atoms with Crippen LogP contribution in [-0.2, 0) is 15.9 Å². The molecule has 17 heteroatoms. The maximum absolute atomic E-state index is 13.4. The Morgan fingerprint density at radius 3 is 2.29 bits per heavy atom. The van der Waals surface area contributed by atoms with Gasteiger partial charge in [-0.2, -0.15) is 39.5 Å². The molecule has 3 aliphatic carbocycles. The third-order valence-electron chi connectivity index (χ3n) is 12.0. The van der Waals surface area contributed by atoms with Crippen LogP contribution in [0.25, 0.3) is 0 Å². The lowest BCUT2D eigenvalue weighted by atomic mass is 9.55. The quantitative estimate of drug-likeness (QED) is 0.120. The van der Waals surface area contributed by atoms with E-state index in [9.17, 15) is 44.3 Å². The average molecular weight is 875 g/mol. The maximum atomic E-state index is 13.4. The van der Waals surface area contributed by atoms with Crippen LogP contribution in [0.4, 0.5) is 44.3 Å². The number of carbonyl (C=O) groups is 1. The summed E-state index contributed by atoms with van der Waals surface area (Å²) < 4.78 is 148. The van der Waals surface area contributed by atoms with E-state index in [0.29, 0.717) is 30.4 Å². The van der Waals surface area contributed by atoms with Crippen LogP contribution in [0.5, 0.6) is 11.5 Å². The molecule has 326 valence electrons. The number of ether oxygens (including phenoxy) is 4. The zero-order chi connectivity index (χ0) is 43.2. The highest BCUT2D eigenvalue weighted by Gasteiger charge is 2.85. The van der Waals surface area contributed by atoms with Gasteiger partial charge >= 0.3 is 30.2 Å². The minimum Gasteiger partial charge on any atom is -0.492 e. The van der Waals surface area contributed by atoms with Gasteiger partial charge in [-0.25, -0.2) is 4.79 Å². The molecular formula is C41H52F9NO5S2. The van der Waals surface area contributed by atoms with Crippen molar-refractivity contribution in [3.63, 3.8) is 0 Å². The third kappa shape index (κ3) is 9.83. The van der Waals surface area contributed by atoms with Gasteiger partial charge in [0, 0.05) is 25.5 Å². The predicted molar refractivity (Wildman–Crippen MR) is 206 cm³/mol. The Labute approximate surface area is 343 Å². The van der Waals surface area contributed by atoms with Gasteiger partial charge in [-0.1, -0.05) is 60.6 Å². The summed E-state index contributed by atoms with van der Waals surface area (Å²) in [6.07, 6.45) is -16.0. The summed E-state index contributed by atoms with van der Waals surface area (Å²) >= 11 is 0. The summed E-state index contributed by atoms with van der Waals surface area (Å²) in [5, 5.41) is 0. The van der Waals surface area contributed by atoms with E-state index in [-0.39, 0.29) is 49.5 Å². The van der Waals surface area contributed by atoms with Crippen molar-refractivity contribution in [1.29, 1.82) is 0 Å². The third-order valence-corrected chi connectivity index (χ3v) is 14.5. The molecule has 1 heterocycles. The molecule has 2 aromatic carbocycles. The van der Waals surface area contributed by atoms with Gasteiger partial charge in [0.05, 0.1) is 19.3 Å². The second-order valence-electron chi connectivity index (χ2n) is 15.2. The van der Waals surface area contributed by atoms with Crippen LogP contribution >= 0.6 is 21.6 Å². The van der Waals surface area contributed by atoms with E-state index in [2.05, 4.69) is 23.8 Å². The van der Waals surface area contributed by atoms with Crippen molar-refractivity contribution in [2.45, 2.75) is 121 Å². The number of halogens is 9. The molecule has 4 aliphatic rings. The maximum Gasteiger partial charge on any atom is 0.435 e. The average Bonchev–Trinajstić information content (AvgIpc) is 3.53. The number of benzene rings is 2. The van der Waals surface area contributed by atoms with Crippen molar-refractivity contribution in [3.05, 3.63) is 59.2 Å². The number of aryl methyl sites for hydroxylation is 2. The summed E-state index contributed by atoms with van der Waals surface area (Å²) in [6.45, 7) is 5.00. The van der Waals surface area contributed by atoms with Crippen LogP contribution in [0.2, 0.25) is 0 Å². The van der Waals surface area contributed by atoms with Gasteiger partial charge in [0.15, 0.2) is 0 Å². The molecule has 6 rings (SSSR count). The van der Waals surface area contributed by atoms with E-state index in [1.54, 1.807) is 50.8 Å². The zero-order valence-corrected chi connectivity index (χ0v) is 34.4. The molecule has 58 heavy (non-hydrogen) atoms. The molecule has 1 aliphatic heterocycles.